The molecule has 9 heteroatoms. The minimum absolute atomic E-state index is 0.108. The van der Waals surface area contributed by atoms with Crippen LogP contribution in [-0.4, -0.2) is 29.2 Å². The van der Waals surface area contributed by atoms with Gasteiger partial charge in [0.25, 0.3) is 5.91 Å². The highest BCUT2D eigenvalue weighted by Gasteiger charge is 2.37. The van der Waals surface area contributed by atoms with Crippen molar-refractivity contribution in [2.45, 2.75) is 25.8 Å². The number of nitrogens with zero attached hydrogens (tertiary/aromatic N) is 1. The number of methoxy groups -OCH3 is 1. The molecule has 1 amide bonds. The summed E-state index contributed by atoms with van der Waals surface area (Å²) in [7, 11) is 8.56. The molecular formula is C20H20Cl2FNO4S. The van der Waals surface area contributed by atoms with Crippen molar-refractivity contribution in [2.24, 2.45) is 5.92 Å². The van der Waals surface area contributed by atoms with E-state index in [-0.39, 0.29) is 23.2 Å². The van der Waals surface area contributed by atoms with Crippen LogP contribution in [0.4, 0.5) is 10.1 Å². The lowest BCUT2D eigenvalue weighted by Crippen LogP contribution is -2.41. The molecule has 1 aliphatic carbocycles. The van der Waals surface area contributed by atoms with E-state index in [2.05, 4.69) is 26.1 Å². The van der Waals surface area contributed by atoms with Gasteiger partial charge in [-0.05, 0) is 49.9 Å². The first-order valence-corrected chi connectivity index (χ1v) is 11.6. The van der Waals surface area contributed by atoms with Crippen molar-refractivity contribution in [3.8, 4) is 0 Å². The van der Waals surface area contributed by atoms with E-state index >= 15 is 0 Å². The zero-order chi connectivity index (χ0) is 21.6. The summed E-state index contributed by atoms with van der Waals surface area (Å²) in [6, 6.07) is 13.1. The quantitative estimate of drug-likeness (QED) is 0.460. The van der Waals surface area contributed by atoms with Crippen LogP contribution in [-0.2, 0) is 14.0 Å². The van der Waals surface area contributed by atoms with Gasteiger partial charge in [0.15, 0.2) is 5.82 Å². The minimum Gasteiger partial charge on any atom is -0.465 e. The largest absolute Gasteiger partial charge is 0.465 e. The summed E-state index contributed by atoms with van der Waals surface area (Å²) in [5.74, 6) is -1.42. The van der Waals surface area contributed by atoms with E-state index in [1.807, 2.05) is 13.0 Å². The maximum atomic E-state index is 15.0. The number of benzene rings is 2. The third-order valence-electron chi connectivity index (χ3n) is 4.59. The molecule has 1 fully saturated rings. The van der Waals surface area contributed by atoms with Crippen LogP contribution in [0.2, 0.25) is 0 Å². The fourth-order valence-electron chi connectivity index (χ4n) is 3.00. The Bertz CT molecular complexity index is 889. The van der Waals surface area contributed by atoms with E-state index in [0.29, 0.717) is 11.5 Å². The fourth-order valence-corrected chi connectivity index (χ4v) is 3.00. The number of ether oxygens (including phenoxy) is 1. The van der Waals surface area contributed by atoms with Crippen molar-refractivity contribution in [3.05, 3.63) is 65.5 Å². The highest BCUT2D eigenvalue weighted by Crippen LogP contribution is 2.38. The molecule has 0 N–H and O–H groups in total. The lowest BCUT2D eigenvalue weighted by Gasteiger charge is -2.30. The molecule has 0 spiro atoms. The Morgan fingerprint density at radius 2 is 1.72 bits per heavy atom. The van der Waals surface area contributed by atoms with Crippen LogP contribution in [0.1, 0.15) is 40.5 Å². The maximum absolute atomic E-state index is 15.0. The summed E-state index contributed by atoms with van der Waals surface area (Å²) in [5, 5.41) is 0. The normalized spacial score (nSPS) is 13.9. The topological polar surface area (TPSA) is 63.7 Å². The summed E-state index contributed by atoms with van der Waals surface area (Å²) in [4.78, 5) is 26.3. The summed E-state index contributed by atoms with van der Waals surface area (Å²) in [6.07, 6.45) is 2.02. The first-order valence-electron chi connectivity index (χ1n) is 8.77. The van der Waals surface area contributed by atoms with Gasteiger partial charge < -0.3 is 9.64 Å². The van der Waals surface area contributed by atoms with Gasteiger partial charge in [-0.25, -0.2) is 13.4 Å². The Hall–Kier alpha value is -1.96. The van der Waals surface area contributed by atoms with Gasteiger partial charge in [-0.2, -0.15) is 0 Å². The van der Waals surface area contributed by atoms with E-state index in [1.54, 1.807) is 30.3 Å². The molecule has 0 saturated heterocycles. The summed E-state index contributed by atoms with van der Waals surface area (Å²) in [5.41, 5.74) is 0.419. The molecule has 2 aromatic carbocycles. The third-order valence-corrected chi connectivity index (χ3v) is 4.59. The van der Waals surface area contributed by atoms with Gasteiger partial charge in [-0.15, -0.1) is 0 Å². The van der Waals surface area contributed by atoms with Crippen molar-refractivity contribution in [2.75, 3.05) is 12.0 Å². The molecule has 2 aromatic rings. The standard InChI is InChI=1S/C20H20FNO3.Cl2OS/c1-13(14-11-12-14)22(19(23)15-7-4-3-5-8-15)17-10-6-9-16(18(17)21)20(24)25-2;1-4(2)3/h3-10,13-14H,11-12H2,1-2H3;. The molecule has 1 aliphatic rings. The molecule has 0 radical (unpaired) electrons. The molecular weight excluding hydrogens is 440 g/mol. The average Bonchev–Trinajstić information content (AvgIpc) is 3.54. The SMILES string of the molecule is COC(=O)c1cccc(N(C(=O)c2ccccc2)C(C)C2CC2)c1F.O=S(Cl)Cl. The first-order chi connectivity index (χ1) is 13.8. The molecule has 0 aliphatic heterocycles. The van der Waals surface area contributed by atoms with Crippen molar-refractivity contribution >= 4 is 48.2 Å². The zero-order valence-corrected chi connectivity index (χ0v) is 18.1. The van der Waals surface area contributed by atoms with E-state index in [9.17, 15) is 14.0 Å². The van der Waals surface area contributed by atoms with E-state index < -0.39 is 21.0 Å². The second-order valence-electron chi connectivity index (χ2n) is 6.43. The van der Waals surface area contributed by atoms with Crippen molar-refractivity contribution in [3.63, 3.8) is 0 Å². The minimum atomic E-state index is -1.67. The second-order valence-corrected chi connectivity index (χ2v) is 8.96. The van der Waals surface area contributed by atoms with Gasteiger partial charge in [0.05, 0.1) is 18.4 Å². The number of anilines is 1. The van der Waals surface area contributed by atoms with Gasteiger partial charge in [-0.1, -0.05) is 24.3 Å². The van der Waals surface area contributed by atoms with Gasteiger partial charge in [-0.3, -0.25) is 4.79 Å². The van der Waals surface area contributed by atoms with Gasteiger partial charge in [0.2, 0.25) is 9.23 Å². The van der Waals surface area contributed by atoms with Crippen molar-refractivity contribution in [1.29, 1.82) is 0 Å². The molecule has 3 rings (SSSR count). The average molecular weight is 460 g/mol. The van der Waals surface area contributed by atoms with Crippen LogP contribution >= 0.6 is 21.4 Å². The second kappa shape index (κ2) is 10.7. The summed E-state index contributed by atoms with van der Waals surface area (Å²) < 4.78 is 28.7. The Morgan fingerprint density at radius 1 is 1.14 bits per heavy atom. The molecule has 1 saturated carbocycles. The van der Waals surface area contributed by atoms with Gasteiger partial charge in [0.1, 0.15) is 0 Å². The van der Waals surface area contributed by atoms with Crippen molar-refractivity contribution in [1.82, 2.24) is 0 Å². The monoisotopic (exact) mass is 459 g/mol. The molecule has 1 atom stereocenters. The number of hydrogen-bond acceptors (Lipinski definition) is 4. The summed E-state index contributed by atoms with van der Waals surface area (Å²) in [6.45, 7) is 1.92. The number of esters is 1. The van der Waals surface area contributed by atoms with E-state index in [4.69, 9.17) is 4.21 Å². The van der Waals surface area contributed by atoms with Crippen LogP contribution in [0.5, 0.6) is 0 Å². The fraction of sp³-hybridized carbons (Fsp3) is 0.300. The van der Waals surface area contributed by atoms with Crippen LogP contribution in [0.15, 0.2) is 48.5 Å². The Kier molecular flexibility index (Phi) is 8.61. The maximum Gasteiger partial charge on any atom is 0.340 e. The summed E-state index contributed by atoms with van der Waals surface area (Å²) >= 11 is 0. The smallest absolute Gasteiger partial charge is 0.340 e. The van der Waals surface area contributed by atoms with E-state index in [1.165, 1.54) is 24.1 Å². The van der Waals surface area contributed by atoms with Crippen molar-refractivity contribution < 1.29 is 22.9 Å². The Labute approximate surface area is 180 Å². The van der Waals surface area contributed by atoms with Crippen LogP contribution in [0.3, 0.4) is 0 Å². The molecule has 1 unspecified atom stereocenters. The van der Waals surface area contributed by atoms with Gasteiger partial charge in [0, 0.05) is 33.0 Å². The molecule has 0 aromatic heterocycles. The lowest BCUT2D eigenvalue weighted by molar-refractivity contribution is 0.0595. The Balaban J connectivity index is 0.000000687. The van der Waals surface area contributed by atoms with Crippen LogP contribution in [0.25, 0.3) is 0 Å². The number of carbonyl (C=O) groups excluding carboxylic acids is 2. The zero-order valence-electron chi connectivity index (χ0n) is 15.8. The highest BCUT2D eigenvalue weighted by molar-refractivity contribution is 8.26. The molecule has 156 valence electrons. The number of amides is 1. The molecule has 0 heterocycles. The predicted octanol–water partition coefficient (Wildman–Crippen LogP) is 5.10. The number of hydrogen-bond donors (Lipinski definition) is 0. The highest BCUT2D eigenvalue weighted by atomic mass is 36.0. The lowest BCUT2D eigenvalue weighted by atomic mass is 10.1. The van der Waals surface area contributed by atoms with Crippen LogP contribution < -0.4 is 4.90 Å². The molecule has 29 heavy (non-hydrogen) atoms. The van der Waals surface area contributed by atoms with E-state index in [0.717, 1.165) is 12.8 Å². The number of rotatable bonds is 5. The molecule has 5 nitrogen and oxygen atoms in total. The number of carbonyl (C=O) groups is 2. The van der Waals surface area contributed by atoms with Gasteiger partial charge >= 0.3 is 5.97 Å². The Morgan fingerprint density at radius 3 is 2.24 bits per heavy atom. The number of halogens is 3. The molecule has 0 bridgehead atoms. The third kappa shape index (κ3) is 6.26. The van der Waals surface area contributed by atoms with Crippen LogP contribution in [0, 0.1) is 11.7 Å². The predicted molar refractivity (Wildman–Crippen MR) is 113 cm³/mol. The first kappa shape index (κ1) is 23.3.